The highest BCUT2D eigenvalue weighted by Crippen LogP contribution is 2.30. The molecule has 2 heterocycles. The van der Waals surface area contributed by atoms with Gasteiger partial charge in [0.15, 0.2) is 0 Å². The van der Waals surface area contributed by atoms with Gasteiger partial charge in [-0.25, -0.2) is 12.8 Å². The minimum atomic E-state index is -3.72. The molecule has 1 aliphatic rings. The summed E-state index contributed by atoms with van der Waals surface area (Å²) in [6.07, 6.45) is 3.34. The minimum Gasteiger partial charge on any atom is -0.313 e. The number of nitrogens with zero attached hydrogens (tertiary/aromatic N) is 2. The Morgan fingerprint density at radius 1 is 1.29 bits per heavy atom. The van der Waals surface area contributed by atoms with E-state index in [0.717, 1.165) is 5.56 Å². The second kappa shape index (κ2) is 6.58. The van der Waals surface area contributed by atoms with Crippen LogP contribution in [0, 0.1) is 19.7 Å². The van der Waals surface area contributed by atoms with E-state index in [2.05, 4.69) is 10.3 Å². The van der Waals surface area contributed by atoms with Crippen LogP contribution in [0.1, 0.15) is 22.7 Å². The SMILES string of the molecule is Cc1cc(S(=O)(=O)N2CCNCC2c2cccnc2)cc(C)c1F. The van der Waals surface area contributed by atoms with E-state index in [-0.39, 0.29) is 16.8 Å². The zero-order valence-electron chi connectivity index (χ0n) is 13.7. The van der Waals surface area contributed by atoms with Crippen molar-refractivity contribution in [1.29, 1.82) is 0 Å². The van der Waals surface area contributed by atoms with Crippen LogP contribution in [0.25, 0.3) is 0 Å². The average molecular weight is 349 g/mol. The summed E-state index contributed by atoms with van der Waals surface area (Å²) in [6, 6.07) is 6.14. The molecule has 5 nitrogen and oxygen atoms in total. The molecule has 0 spiro atoms. The molecule has 1 atom stereocenters. The molecule has 1 unspecified atom stereocenters. The van der Waals surface area contributed by atoms with Crippen molar-refractivity contribution >= 4 is 10.0 Å². The highest BCUT2D eigenvalue weighted by molar-refractivity contribution is 7.89. The first-order valence-corrected chi connectivity index (χ1v) is 9.24. The quantitative estimate of drug-likeness (QED) is 0.923. The van der Waals surface area contributed by atoms with Crippen molar-refractivity contribution in [3.05, 3.63) is 59.2 Å². The molecule has 1 aromatic carbocycles. The van der Waals surface area contributed by atoms with Crippen molar-refractivity contribution in [2.75, 3.05) is 19.6 Å². The Hall–Kier alpha value is -1.83. The van der Waals surface area contributed by atoms with E-state index in [1.54, 1.807) is 32.3 Å². The maximum atomic E-state index is 13.9. The van der Waals surface area contributed by atoms with Crippen molar-refractivity contribution in [3.8, 4) is 0 Å². The Morgan fingerprint density at radius 3 is 2.62 bits per heavy atom. The molecule has 1 N–H and O–H groups in total. The number of hydrogen-bond acceptors (Lipinski definition) is 4. The van der Waals surface area contributed by atoms with Gasteiger partial charge in [0.05, 0.1) is 10.9 Å². The number of halogens is 1. The van der Waals surface area contributed by atoms with Gasteiger partial charge in [-0.3, -0.25) is 4.98 Å². The van der Waals surface area contributed by atoms with Crippen molar-refractivity contribution in [2.24, 2.45) is 0 Å². The fourth-order valence-corrected chi connectivity index (χ4v) is 4.81. The summed E-state index contributed by atoms with van der Waals surface area (Å²) in [5.74, 6) is -0.363. The van der Waals surface area contributed by atoms with E-state index in [0.29, 0.717) is 30.8 Å². The maximum Gasteiger partial charge on any atom is 0.243 e. The largest absolute Gasteiger partial charge is 0.313 e. The number of hydrogen-bond donors (Lipinski definition) is 1. The van der Waals surface area contributed by atoms with Crippen molar-refractivity contribution < 1.29 is 12.8 Å². The van der Waals surface area contributed by atoms with Crippen LogP contribution in [-0.4, -0.2) is 37.3 Å². The van der Waals surface area contributed by atoms with Gasteiger partial charge in [0.1, 0.15) is 5.82 Å². The summed E-state index contributed by atoms with van der Waals surface area (Å²) >= 11 is 0. The Labute approximate surface area is 141 Å². The first-order chi connectivity index (χ1) is 11.4. The van der Waals surface area contributed by atoms with Gasteiger partial charge in [0, 0.05) is 32.0 Å². The fourth-order valence-electron chi connectivity index (χ4n) is 3.02. The van der Waals surface area contributed by atoms with Crippen LogP contribution in [0.3, 0.4) is 0 Å². The number of aromatic nitrogens is 1. The summed E-state index contributed by atoms with van der Waals surface area (Å²) in [4.78, 5) is 4.22. The van der Waals surface area contributed by atoms with E-state index in [4.69, 9.17) is 0 Å². The first kappa shape index (κ1) is 17.0. The Morgan fingerprint density at radius 2 is 2.00 bits per heavy atom. The Kier molecular flexibility index (Phi) is 4.67. The lowest BCUT2D eigenvalue weighted by Gasteiger charge is -2.35. The summed E-state index contributed by atoms with van der Waals surface area (Å²) in [5.41, 5.74) is 1.51. The monoisotopic (exact) mass is 349 g/mol. The van der Waals surface area contributed by atoms with E-state index >= 15 is 0 Å². The van der Waals surface area contributed by atoms with Gasteiger partial charge in [-0.2, -0.15) is 4.31 Å². The standard InChI is InChI=1S/C17H20FN3O2S/c1-12-8-15(9-13(2)17(12)18)24(22,23)21-7-6-20-11-16(21)14-4-3-5-19-10-14/h3-5,8-10,16,20H,6-7,11H2,1-2H3. The number of benzene rings is 1. The lowest BCUT2D eigenvalue weighted by Crippen LogP contribution is -2.48. The summed E-state index contributed by atoms with van der Waals surface area (Å²) in [5, 5.41) is 3.22. The van der Waals surface area contributed by atoms with Crippen LogP contribution in [0.15, 0.2) is 41.6 Å². The van der Waals surface area contributed by atoms with E-state index < -0.39 is 10.0 Å². The molecule has 3 rings (SSSR count). The summed E-state index contributed by atoms with van der Waals surface area (Å²) < 4.78 is 41.6. The number of sulfonamides is 1. The van der Waals surface area contributed by atoms with E-state index in [1.807, 2.05) is 6.07 Å². The highest BCUT2D eigenvalue weighted by atomic mass is 32.2. The van der Waals surface area contributed by atoms with Crippen molar-refractivity contribution in [2.45, 2.75) is 24.8 Å². The van der Waals surface area contributed by atoms with E-state index in [9.17, 15) is 12.8 Å². The second-order valence-electron chi connectivity index (χ2n) is 5.99. The predicted octanol–water partition coefficient (Wildman–Crippen LogP) is 2.17. The minimum absolute atomic E-state index is 0.134. The molecular formula is C17H20FN3O2S. The molecule has 0 aliphatic carbocycles. The molecule has 24 heavy (non-hydrogen) atoms. The zero-order valence-corrected chi connectivity index (χ0v) is 14.5. The van der Waals surface area contributed by atoms with Crippen LogP contribution < -0.4 is 5.32 Å². The van der Waals surface area contributed by atoms with Crippen LogP contribution in [0.2, 0.25) is 0 Å². The normalized spacial score (nSPS) is 19.4. The van der Waals surface area contributed by atoms with Crippen LogP contribution in [-0.2, 0) is 10.0 Å². The van der Waals surface area contributed by atoms with Crippen molar-refractivity contribution in [3.63, 3.8) is 0 Å². The third-order valence-corrected chi connectivity index (χ3v) is 6.17. The van der Waals surface area contributed by atoms with Crippen LogP contribution in [0.4, 0.5) is 4.39 Å². The van der Waals surface area contributed by atoms with Gasteiger partial charge in [-0.15, -0.1) is 0 Å². The number of rotatable bonds is 3. The predicted molar refractivity (Wildman–Crippen MR) is 89.6 cm³/mol. The molecule has 1 aliphatic heterocycles. The van der Waals surface area contributed by atoms with Gasteiger partial charge in [-0.1, -0.05) is 6.07 Å². The molecule has 1 fully saturated rings. The van der Waals surface area contributed by atoms with Gasteiger partial charge in [-0.05, 0) is 48.7 Å². The van der Waals surface area contributed by atoms with Gasteiger partial charge in [0.25, 0.3) is 0 Å². The Balaban J connectivity index is 2.04. The number of pyridine rings is 1. The fraction of sp³-hybridized carbons (Fsp3) is 0.353. The number of nitrogens with one attached hydrogen (secondary N) is 1. The van der Waals surface area contributed by atoms with Gasteiger partial charge < -0.3 is 5.32 Å². The lowest BCUT2D eigenvalue weighted by atomic mass is 10.1. The molecule has 0 saturated carbocycles. The Bertz CT molecular complexity index is 817. The molecule has 0 radical (unpaired) electrons. The van der Waals surface area contributed by atoms with Gasteiger partial charge in [0.2, 0.25) is 10.0 Å². The summed E-state index contributed by atoms with van der Waals surface area (Å²) in [7, 11) is -3.72. The molecule has 1 aromatic heterocycles. The summed E-state index contributed by atoms with van der Waals surface area (Å²) in [6.45, 7) is 4.62. The maximum absolute atomic E-state index is 13.9. The topological polar surface area (TPSA) is 62.3 Å². The first-order valence-electron chi connectivity index (χ1n) is 7.80. The molecule has 2 aromatic rings. The molecule has 7 heteroatoms. The van der Waals surface area contributed by atoms with Gasteiger partial charge >= 0.3 is 0 Å². The lowest BCUT2D eigenvalue weighted by molar-refractivity contribution is 0.271. The van der Waals surface area contributed by atoms with E-state index in [1.165, 1.54) is 16.4 Å². The molecular weight excluding hydrogens is 329 g/mol. The zero-order chi connectivity index (χ0) is 17.3. The highest BCUT2D eigenvalue weighted by Gasteiger charge is 2.35. The third-order valence-electron chi connectivity index (χ3n) is 4.28. The molecule has 0 amide bonds. The molecule has 128 valence electrons. The van der Waals surface area contributed by atoms with Crippen molar-refractivity contribution in [1.82, 2.24) is 14.6 Å². The molecule has 1 saturated heterocycles. The average Bonchev–Trinajstić information content (AvgIpc) is 2.60. The smallest absolute Gasteiger partial charge is 0.243 e. The second-order valence-corrected chi connectivity index (χ2v) is 7.88. The number of piperazine rings is 1. The van der Waals surface area contributed by atoms with Crippen LogP contribution in [0.5, 0.6) is 0 Å². The third kappa shape index (κ3) is 3.07. The molecule has 0 bridgehead atoms. The van der Waals surface area contributed by atoms with Crippen LogP contribution >= 0.6 is 0 Å². The number of aryl methyl sites for hydroxylation is 2.